The fourth-order valence-corrected chi connectivity index (χ4v) is 1.16. The van der Waals surface area contributed by atoms with Crippen molar-refractivity contribution >= 4 is 5.97 Å². The van der Waals surface area contributed by atoms with Gasteiger partial charge in [0.15, 0.2) is 0 Å². The second kappa shape index (κ2) is 5.46. The van der Waals surface area contributed by atoms with Gasteiger partial charge in [-0.1, -0.05) is 13.0 Å². The Morgan fingerprint density at radius 3 is 2.80 bits per heavy atom. The Morgan fingerprint density at radius 1 is 1.53 bits per heavy atom. The van der Waals surface area contributed by atoms with Gasteiger partial charge in [0.05, 0.1) is 12.2 Å². The average Bonchev–Trinajstić information content (AvgIpc) is 2.17. The van der Waals surface area contributed by atoms with Crippen molar-refractivity contribution in [3.63, 3.8) is 0 Å². The van der Waals surface area contributed by atoms with Gasteiger partial charge in [0, 0.05) is 6.61 Å². The lowest BCUT2D eigenvalue weighted by Crippen LogP contribution is -2.02. The smallest absolute Gasteiger partial charge is 0.338 e. The van der Waals surface area contributed by atoms with Gasteiger partial charge >= 0.3 is 5.97 Å². The van der Waals surface area contributed by atoms with E-state index in [1.807, 2.05) is 6.92 Å². The van der Waals surface area contributed by atoms with Crippen LogP contribution in [0.2, 0.25) is 0 Å². The number of carboxylic acids is 1. The summed E-state index contributed by atoms with van der Waals surface area (Å²) in [5, 5.41) is 8.60. The molecular weight excluding hydrogens is 199 g/mol. The van der Waals surface area contributed by atoms with E-state index in [2.05, 4.69) is 0 Å². The molecular formula is C11H13FO3. The van der Waals surface area contributed by atoms with Crippen LogP contribution in [0, 0.1) is 5.82 Å². The van der Waals surface area contributed by atoms with E-state index in [0.29, 0.717) is 18.8 Å². The molecule has 4 heteroatoms. The zero-order chi connectivity index (χ0) is 11.3. The maximum atomic E-state index is 13.2. The maximum Gasteiger partial charge on any atom is 0.338 e. The molecule has 0 atom stereocenters. The Hall–Kier alpha value is -1.42. The molecule has 0 heterocycles. The van der Waals surface area contributed by atoms with E-state index in [1.54, 1.807) is 6.07 Å². The number of carbonyl (C=O) groups is 1. The number of aromatic carboxylic acids is 1. The SMILES string of the molecule is CCCOCc1ccc(C(=O)O)c(F)c1. The highest BCUT2D eigenvalue weighted by Crippen LogP contribution is 2.11. The fraction of sp³-hybridized carbons (Fsp3) is 0.364. The van der Waals surface area contributed by atoms with E-state index < -0.39 is 11.8 Å². The predicted octanol–water partition coefficient (Wildman–Crippen LogP) is 2.45. The largest absolute Gasteiger partial charge is 0.478 e. The van der Waals surface area contributed by atoms with Gasteiger partial charge in [0.1, 0.15) is 5.82 Å². The third-order valence-electron chi connectivity index (χ3n) is 1.88. The van der Waals surface area contributed by atoms with Crippen LogP contribution < -0.4 is 0 Å². The first kappa shape index (κ1) is 11.7. The number of hydrogen-bond donors (Lipinski definition) is 1. The summed E-state index contributed by atoms with van der Waals surface area (Å²) in [7, 11) is 0. The molecule has 0 bridgehead atoms. The number of ether oxygens (including phenoxy) is 1. The molecule has 0 unspecified atom stereocenters. The van der Waals surface area contributed by atoms with Crippen molar-refractivity contribution in [3.8, 4) is 0 Å². The first-order valence-corrected chi connectivity index (χ1v) is 4.74. The van der Waals surface area contributed by atoms with Crippen LogP contribution in [0.4, 0.5) is 4.39 Å². The van der Waals surface area contributed by atoms with E-state index in [9.17, 15) is 9.18 Å². The lowest BCUT2D eigenvalue weighted by Gasteiger charge is -2.04. The first-order chi connectivity index (χ1) is 7.15. The summed E-state index contributed by atoms with van der Waals surface area (Å²) in [5.41, 5.74) is 0.334. The van der Waals surface area contributed by atoms with Crippen molar-refractivity contribution in [2.24, 2.45) is 0 Å². The van der Waals surface area contributed by atoms with E-state index in [0.717, 1.165) is 6.42 Å². The van der Waals surface area contributed by atoms with E-state index in [-0.39, 0.29) is 5.56 Å². The van der Waals surface area contributed by atoms with Gasteiger partial charge in [-0.15, -0.1) is 0 Å². The zero-order valence-electron chi connectivity index (χ0n) is 8.50. The molecule has 0 aliphatic heterocycles. The molecule has 3 nitrogen and oxygen atoms in total. The number of rotatable bonds is 5. The quantitative estimate of drug-likeness (QED) is 0.762. The van der Waals surface area contributed by atoms with Crippen LogP contribution in [0.5, 0.6) is 0 Å². The topological polar surface area (TPSA) is 46.5 Å². The molecule has 1 rings (SSSR count). The Balaban J connectivity index is 2.69. The number of benzene rings is 1. The number of carboxylic acid groups (broad SMARTS) is 1. The monoisotopic (exact) mass is 212 g/mol. The van der Waals surface area contributed by atoms with Crippen LogP contribution in [-0.4, -0.2) is 17.7 Å². The van der Waals surface area contributed by atoms with Crippen molar-refractivity contribution in [2.45, 2.75) is 20.0 Å². The van der Waals surface area contributed by atoms with Crippen LogP contribution in [0.1, 0.15) is 29.3 Å². The third kappa shape index (κ3) is 3.32. The van der Waals surface area contributed by atoms with E-state index in [4.69, 9.17) is 9.84 Å². The van der Waals surface area contributed by atoms with Gasteiger partial charge in [0.2, 0.25) is 0 Å². The molecule has 0 saturated heterocycles. The zero-order valence-corrected chi connectivity index (χ0v) is 8.50. The molecule has 0 spiro atoms. The molecule has 1 N–H and O–H groups in total. The van der Waals surface area contributed by atoms with Gasteiger partial charge < -0.3 is 9.84 Å². The lowest BCUT2D eigenvalue weighted by atomic mass is 10.1. The second-order valence-corrected chi connectivity index (χ2v) is 3.17. The molecule has 0 aliphatic carbocycles. The Bertz CT molecular complexity index is 350. The van der Waals surface area contributed by atoms with Crippen molar-refractivity contribution in [1.29, 1.82) is 0 Å². The minimum absolute atomic E-state index is 0.310. The average molecular weight is 212 g/mol. The lowest BCUT2D eigenvalue weighted by molar-refractivity contribution is 0.0691. The summed E-state index contributed by atoms with van der Waals surface area (Å²) < 4.78 is 18.4. The van der Waals surface area contributed by atoms with Gasteiger partial charge in [-0.2, -0.15) is 0 Å². The summed E-state index contributed by atoms with van der Waals surface area (Å²) >= 11 is 0. The highest BCUT2D eigenvalue weighted by Gasteiger charge is 2.09. The molecule has 0 saturated carbocycles. The Kier molecular flexibility index (Phi) is 4.24. The summed E-state index contributed by atoms with van der Waals surface area (Å²) in [6, 6.07) is 4.00. The van der Waals surface area contributed by atoms with Crippen LogP contribution in [0.3, 0.4) is 0 Å². The number of hydrogen-bond acceptors (Lipinski definition) is 2. The molecule has 1 aromatic rings. The van der Waals surface area contributed by atoms with Crippen molar-refractivity contribution in [3.05, 3.63) is 35.1 Å². The number of halogens is 1. The van der Waals surface area contributed by atoms with Crippen LogP contribution in [-0.2, 0) is 11.3 Å². The fourth-order valence-electron chi connectivity index (χ4n) is 1.16. The minimum atomic E-state index is -1.26. The van der Waals surface area contributed by atoms with Gasteiger partial charge in [-0.3, -0.25) is 0 Å². The van der Waals surface area contributed by atoms with Gasteiger partial charge in [-0.25, -0.2) is 9.18 Å². The van der Waals surface area contributed by atoms with Crippen LogP contribution in [0.15, 0.2) is 18.2 Å². The standard InChI is InChI=1S/C11H13FO3/c1-2-5-15-7-8-3-4-9(11(13)14)10(12)6-8/h3-4,6H,2,5,7H2,1H3,(H,13,14). The second-order valence-electron chi connectivity index (χ2n) is 3.17. The van der Waals surface area contributed by atoms with Gasteiger partial charge in [0.25, 0.3) is 0 Å². The van der Waals surface area contributed by atoms with Crippen LogP contribution in [0.25, 0.3) is 0 Å². The van der Waals surface area contributed by atoms with E-state index >= 15 is 0 Å². The van der Waals surface area contributed by atoms with Crippen molar-refractivity contribution < 1.29 is 19.0 Å². The van der Waals surface area contributed by atoms with Crippen LogP contribution >= 0.6 is 0 Å². The molecule has 0 radical (unpaired) electrons. The molecule has 0 amide bonds. The molecule has 82 valence electrons. The molecule has 1 aromatic carbocycles. The predicted molar refractivity (Wildman–Crippen MR) is 53.3 cm³/mol. The summed E-state index contributed by atoms with van der Waals surface area (Å²) in [6.07, 6.45) is 0.899. The molecule has 0 aliphatic rings. The molecule has 15 heavy (non-hydrogen) atoms. The molecule has 0 fully saturated rings. The highest BCUT2D eigenvalue weighted by molar-refractivity contribution is 5.87. The summed E-state index contributed by atoms with van der Waals surface area (Å²) in [5.74, 6) is -1.98. The summed E-state index contributed by atoms with van der Waals surface area (Å²) in [4.78, 5) is 10.5. The molecule has 0 aromatic heterocycles. The Labute approximate surface area is 87.5 Å². The Morgan fingerprint density at radius 2 is 2.27 bits per heavy atom. The maximum absolute atomic E-state index is 13.2. The van der Waals surface area contributed by atoms with Crippen molar-refractivity contribution in [1.82, 2.24) is 0 Å². The minimum Gasteiger partial charge on any atom is -0.478 e. The summed E-state index contributed by atoms with van der Waals surface area (Å²) in [6.45, 7) is 2.90. The van der Waals surface area contributed by atoms with Crippen molar-refractivity contribution in [2.75, 3.05) is 6.61 Å². The third-order valence-corrected chi connectivity index (χ3v) is 1.88. The van der Waals surface area contributed by atoms with E-state index in [1.165, 1.54) is 12.1 Å². The van der Waals surface area contributed by atoms with Gasteiger partial charge in [-0.05, 0) is 24.1 Å². The normalized spacial score (nSPS) is 10.3. The highest BCUT2D eigenvalue weighted by atomic mass is 19.1. The first-order valence-electron chi connectivity index (χ1n) is 4.74.